The zero-order valence-electron chi connectivity index (χ0n) is 13.5. The van der Waals surface area contributed by atoms with Gasteiger partial charge in [-0.15, -0.1) is 11.8 Å². The Labute approximate surface area is 141 Å². The number of fused-ring (bicyclic) bond motifs is 1. The van der Waals surface area contributed by atoms with Crippen LogP contribution in [-0.4, -0.2) is 41.3 Å². The van der Waals surface area contributed by atoms with Gasteiger partial charge in [-0.05, 0) is 19.4 Å². The Morgan fingerprint density at radius 3 is 2.61 bits per heavy atom. The highest BCUT2D eigenvalue weighted by atomic mass is 32.2. The SMILES string of the molecule is CN1CCC(N2CSc3ccncc32)C1=O.Cc1ccccc1. The van der Waals surface area contributed by atoms with Gasteiger partial charge in [-0.2, -0.15) is 0 Å². The summed E-state index contributed by atoms with van der Waals surface area (Å²) < 4.78 is 0. The van der Waals surface area contributed by atoms with Crippen molar-refractivity contribution in [3.63, 3.8) is 0 Å². The van der Waals surface area contributed by atoms with Crippen molar-refractivity contribution in [1.29, 1.82) is 0 Å². The maximum absolute atomic E-state index is 12.0. The molecule has 0 spiro atoms. The molecule has 1 amide bonds. The summed E-state index contributed by atoms with van der Waals surface area (Å²) in [6.07, 6.45) is 4.59. The molecule has 0 N–H and O–H groups in total. The van der Waals surface area contributed by atoms with Crippen molar-refractivity contribution in [2.45, 2.75) is 24.3 Å². The molecule has 0 saturated carbocycles. The van der Waals surface area contributed by atoms with Gasteiger partial charge in [-0.3, -0.25) is 9.78 Å². The number of aryl methyl sites for hydroxylation is 1. The fraction of sp³-hybridized carbons (Fsp3) is 0.333. The summed E-state index contributed by atoms with van der Waals surface area (Å²) in [7, 11) is 1.87. The Kier molecular flexibility index (Phi) is 4.86. The van der Waals surface area contributed by atoms with Gasteiger partial charge in [0.25, 0.3) is 0 Å². The van der Waals surface area contributed by atoms with E-state index in [1.807, 2.05) is 42.4 Å². The average Bonchev–Trinajstić information content (AvgIpc) is 3.13. The van der Waals surface area contributed by atoms with Crippen molar-refractivity contribution in [1.82, 2.24) is 9.88 Å². The summed E-state index contributed by atoms with van der Waals surface area (Å²) in [4.78, 5) is 21.3. The lowest BCUT2D eigenvalue weighted by Gasteiger charge is -2.24. The standard InChI is InChI=1S/C11H13N3OS.C7H8/c1-13-5-3-8(11(13)15)14-7-16-10-2-4-12-6-9(10)14;1-7-5-3-2-4-6-7/h2,4,6,8H,3,5,7H2,1H3;2-6H,1H3. The van der Waals surface area contributed by atoms with E-state index in [9.17, 15) is 4.79 Å². The molecule has 120 valence electrons. The summed E-state index contributed by atoms with van der Waals surface area (Å²) in [5.41, 5.74) is 2.43. The summed E-state index contributed by atoms with van der Waals surface area (Å²) in [5.74, 6) is 1.10. The number of pyridine rings is 1. The zero-order chi connectivity index (χ0) is 16.2. The highest BCUT2D eigenvalue weighted by molar-refractivity contribution is 7.99. The molecule has 1 saturated heterocycles. The number of carbonyl (C=O) groups is 1. The van der Waals surface area contributed by atoms with Crippen molar-refractivity contribution >= 4 is 23.4 Å². The van der Waals surface area contributed by atoms with Crippen LogP contribution in [0, 0.1) is 6.92 Å². The topological polar surface area (TPSA) is 36.4 Å². The van der Waals surface area contributed by atoms with Gasteiger partial charge in [-0.25, -0.2) is 0 Å². The maximum atomic E-state index is 12.0. The minimum absolute atomic E-state index is 0.0166. The molecule has 2 aliphatic heterocycles. The molecule has 3 heterocycles. The van der Waals surface area contributed by atoms with Crippen LogP contribution in [0.4, 0.5) is 5.69 Å². The molecule has 0 aliphatic carbocycles. The van der Waals surface area contributed by atoms with Crippen LogP contribution in [0.5, 0.6) is 0 Å². The Balaban J connectivity index is 0.000000188. The molecule has 23 heavy (non-hydrogen) atoms. The van der Waals surface area contributed by atoms with E-state index in [2.05, 4.69) is 28.9 Å². The van der Waals surface area contributed by atoms with E-state index in [1.54, 1.807) is 18.0 Å². The number of amides is 1. The highest BCUT2D eigenvalue weighted by Crippen LogP contribution is 2.40. The van der Waals surface area contributed by atoms with Gasteiger partial charge in [0.2, 0.25) is 5.91 Å². The fourth-order valence-corrected chi connectivity index (χ4v) is 3.88. The number of carbonyl (C=O) groups excluding carboxylic acids is 1. The summed E-state index contributed by atoms with van der Waals surface area (Å²) in [6.45, 7) is 2.94. The molecule has 2 aromatic rings. The number of hydrogen-bond acceptors (Lipinski definition) is 4. The number of nitrogens with zero attached hydrogens (tertiary/aromatic N) is 3. The molecule has 2 aliphatic rings. The first-order valence-corrected chi connectivity index (χ1v) is 8.75. The second-order valence-corrected chi connectivity index (χ2v) is 6.79. The number of aromatic nitrogens is 1. The molecule has 1 unspecified atom stereocenters. The van der Waals surface area contributed by atoms with Crippen LogP contribution in [0.15, 0.2) is 53.7 Å². The van der Waals surface area contributed by atoms with Gasteiger partial charge in [0.15, 0.2) is 0 Å². The minimum Gasteiger partial charge on any atom is -0.348 e. The third-order valence-corrected chi connectivity index (χ3v) is 5.21. The van der Waals surface area contributed by atoms with E-state index in [4.69, 9.17) is 0 Å². The van der Waals surface area contributed by atoms with Crippen molar-refractivity contribution in [3.05, 3.63) is 54.4 Å². The van der Waals surface area contributed by atoms with E-state index in [1.165, 1.54) is 10.5 Å². The van der Waals surface area contributed by atoms with Crippen LogP contribution in [0.25, 0.3) is 0 Å². The van der Waals surface area contributed by atoms with Crippen molar-refractivity contribution in [3.8, 4) is 0 Å². The first kappa shape index (κ1) is 15.9. The van der Waals surface area contributed by atoms with Gasteiger partial charge in [0, 0.05) is 24.7 Å². The first-order chi connectivity index (χ1) is 11.2. The van der Waals surface area contributed by atoms with Crippen LogP contribution in [0.1, 0.15) is 12.0 Å². The lowest BCUT2D eigenvalue weighted by atomic mass is 10.2. The molecule has 1 atom stereocenters. The quantitative estimate of drug-likeness (QED) is 0.806. The van der Waals surface area contributed by atoms with Crippen LogP contribution in [0.2, 0.25) is 0 Å². The summed E-state index contributed by atoms with van der Waals surface area (Å²) in [6, 6.07) is 12.3. The molecule has 0 bridgehead atoms. The van der Waals surface area contributed by atoms with Crippen molar-refractivity contribution < 1.29 is 4.79 Å². The predicted octanol–water partition coefficient (Wildman–Crippen LogP) is 3.18. The predicted molar refractivity (Wildman–Crippen MR) is 94.7 cm³/mol. The average molecular weight is 327 g/mol. The largest absolute Gasteiger partial charge is 0.348 e. The third-order valence-electron chi connectivity index (χ3n) is 4.15. The molecule has 0 radical (unpaired) electrons. The van der Waals surface area contributed by atoms with Crippen LogP contribution in [-0.2, 0) is 4.79 Å². The van der Waals surface area contributed by atoms with E-state index < -0.39 is 0 Å². The van der Waals surface area contributed by atoms with E-state index in [0.717, 1.165) is 24.5 Å². The lowest BCUT2D eigenvalue weighted by Crippen LogP contribution is -2.39. The zero-order valence-corrected chi connectivity index (χ0v) is 14.3. The van der Waals surface area contributed by atoms with E-state index in [-0.39, 0.29) is 11.9 Å². The molecule has 4 nitrogen and oxygen atoms in total. The fourth-order valence-electron chi connectivity index (χ4n) is 2.81. The molecule has 4 rings (SSSR count). The minimum atomic E-state index is 0.0166. The Morgan fingerprint density at radius 1 is 1.22 bits per heavy atom. The van der Waals surface area contributed by atoms with E-state index >= 15 is 0 Å². The normalized spacial score (nSPS) is 19.4. The number of benzene rings is 1. The number of rotatable bonds is 1. The first-order valence-electron chi connectivity index (χ1n) is 7.77. The number of likely N-dealkylation sites (N-methyl/N-ethyl adjacent to an activating group) is 1. The third kappa shape index (κ3) is 3.50. The summed E-state index contributed by atoms with van der Waals surface area (Å²) in [5, 5.41) is 0. The van der Waals surface area contributed by atoms with Gasteiger partial charge >= 0.3 is 0 Å². The lowest BCUT2D eigenvalue weighted by molar-refractivity contribution is -0.127. The highest BCUT2D eigenvalue weighted by Gasteiger charge is 2.37. The molecule has 1 fully saturated rings. The van der Waals surface area contributed by atoms with Gasteiger partial charge in [0.05, 0.1) is 17.8 Å². The molecular formula is C18H21N3OS. The Morgan fingerprint density at radius 2 is 2.00 bits per heavy atom. The van der Waals surface area contributed by atoms with E-state index in [0.29, 0.717) is 0 Å². The number of thioether (sulfide) groups is 1. The van der Waals surface area contributed by atoms with Crippen molar-refractivity contribution in [2.75, 3.05) is 24.4 Å². The number of hydrogen-bond donors (Lipinski definition) is 0. The van der Waals surface area contributed by atoms with Crippen molar-refractivity contribution in [2.24, 2.45) is 0 Å². The second kappa shape index (κ2) is 7.04. The number of anilines is 1. The Hall–Kier alpha value is -2.01. The monoisotopic (exact) mass is 327 g/mol. The molecule has 1 aromatic heterocycles. The molecule has 5 heteroatoms. The Bertz CT molecular complexity index is 677. The smallest absolute Gasteiger partial charge is 0.245 e. The maximum Gasteiger partial charge on any atom is 0.245 e. The number of likely N-dealkylation sites (tertiary alicyclic amines) is 1. The van der Waals surface area contributed by atoms with Gasteiger partial charge in [0.1, 0.15) is 6.04 Å². The summed E-state index contributed by atoms with van der Waals surface area (Å²) >= 11 is 1.78. The van der Waals surface area contributed by atoms with Gasteiger partial charge in [-0.1, -0.05) is 35.9 Å². The van der Waals surface area contributed by atoms with Crippen LogP contribution in [0.3, 0.4) is 0 Å². The van der Waals surface area contributed by atoms with Crippen LogP contribution < -0.4 is 4.90 Å². The second-order valence-electron chi connectivity index (χ2n) is 5.81. The van der Waals surface area contributed by atoms with Crippen LogP contribution >= 0.6 is 11.8 Å². The molecular weight excluding hydrogens is 306 g/mol. The molecule has 1 aromatic carbocycles. The van der Waals surface area contributed by atoms with Gasteiger partial charge < -0.3 is 9.80 Å².